The summed E-state index contributed by atoms with van der Waals surface area (Å²) < 4.78 is 0. The maximum absolute atomic E-state index is 12.6. The van der Waals surface area contributed by atoms with Crippen LogP contribution in [0.2, 0.25) is 0 Å². The number of rotatable bonds is 3. The lowest BCUT2D eigenvalue weighted by Gasteiger charge is -2.33. The third kappa shape index (κ3) is 3.71. The number of hydrogen-bond donors (Lipinski definition) is 2. The van der Waals surface area contributed by atoms with Crippen LogP contribution in [0.4, 0.5) is 5.00 Å². The van der Waals surface area contributed by atoms with Crippen LogP contribution in [-0.2, 0) is 12.8 Å². The van der Waals surface area contributed by atoms with Crippen LogP contribution < -0.4 is 5.32 Å². The van der Waals surface area contributed by atoms with Gasteiger partial charge in [0.1, 0.15) is 11.1 Å². The van der Waals surface area contributed by atoms with Gasteiger partial charge in [-0.2, -0.15) is 5.26 Å². The molecule has 2 aromatic rings. The number of pyridine rings is 1. The first-order valence-electron chi connectivity index (χ1n) is 8.75. The number of amides is 1. The molecule has 0 bridgehead atoms. The molecule has 2 N–H and O–H groups in total. The van der Waals surface area contributed by atoms with E-state index in [1.54, 1.807) is 0 Å². The molecule has 3 rings (SSSR count). The van der Waals surface area contributed by atoms with Crippen molar-refractivity contribution in [1.82, 2.24) is 4.98 Å². The van der Waals surface area contributed by atoms with Gasteiger partial charge in [0.05, 0.1) is 16.7 Å². The predicted octanol–water partition coefficient (Wildman–Crippen LogP) is 4.12. The van der Waals surface area contributed by atoms with E-state index in [1.165, 1.54) is 23.6 Å². The van der Waals surface area contributed by atoms with Crippen molar-refractivity contribution in [3.63, 3.8) is 0 Å². The molecule has 0 aromatic carbocycles. The van der Waals surface area contributed by atoms with Gasteiger partial charge in [-0.25, -0.2) is 4.79 Å². The number of thiophene rings is 1. The highest BCUT2D eigenvalue weighted by Crippen LogP contribution is 2.44. The monoisotopic (exact) mass is 383 g/mol. The normalized spacial score (nSPS) is 16.3. The Bertz CT molecular complexity index is 950. The number of carbonyl (C=O) groups excluding carboxylic acids is 1. The minimum atomic E-state index is -1.22. The van der Waals surface area contributed by atoms with E-state index in [4.69, 9.17) is 0 Å². The number of carboxylic acid groups (broad SMARTS) is 1. The maximum atomic E-state index is 12.6. The van der Waals surface area contributed by atoms with Gasteiger partial charge in [0, 0.05) is 17.3 Å². The van der Waals surface area contributed by atoms with Gasteiger partial charge in [-0.15, -0.1) is 11.3 Å². The molecule has 140 valence electrons. The Morgan fingerprint density at radius 1 is 1.37 bits per heavy atom. The van der Waals surface area contributed by atoms with Crippen molar-refractivity contribution in [2.45, 2.75) is 40.0 Å². The van der Waals surface area contributed by atoms with Crippen LogP contribution in [0.25, 0.3) is 0 Å². The van der Waals surface area contributed by atoms with Gasteiger partial charge >= 0.3 is 5.97 Å². The van der Waals surface area contributed by atoms with E-state index in [0.717, 1.165) is 35.9 Å². The Balaban J connectivity index is 1.91. The van der Waals surface area contributed by atoms with Crippen LogP contribution in [-0.4, -0.2) is 22.0 Å². The summed E-state index contributed by atoms with van der Waals surface area (Å²) in [5.41, 5.74) is 1.57. The summed E-state index contributed by atoms with van der Waals surface area (Å²) in [6, 6.07) is 3.59. The van der Waals surface area contributed by atoms with Crippen LogP contribution in [0, 0.1) is 22.7 Å². The van der Waals surface area contributed by atoms with Crippen molar-refractivity contribution < 1.29 is 14.7 Å². The lowest BCUT2D eigenvalue weighted by molar-refractivity contribution is 0.0692. The highest BCUT2D eigenvalue weighted by Gasteiger charge is 2.32. The molecule has 1 atom stereocenters. The average Bonchev–Trinajstić information content (AvgIpc) is 2.96. The van der Waals surface area contributed by atoms with Gasteiger partial charge in [-0.05, 0) is 42.2 Å². The molecule has 0 spiro atoms. The summed E-state index contributed by atoms with van der Waals surface area (Å²) in [7, 11) is 0. The number of anilines is 1. The fourth-order valence-corrected chi connectivity index (χ4v) is 4.74. The molecular weight excluding hydrogens is 362 g/mol. The number of carbonyl (C=O) groups is 2. The largest absolute Gasteiger partial charge is 0.478 e. The second kappa shape index (κ2) is 7.12. The molecule has 6 nitrogen and oxygen atoms in total. The summed E-state index contributed by atoms with van der Waals surface area (Å²) in [6.07, 6.45) is 5.25. The molecule has 1 unspecified atom stereocenters. The van der Waals surface area contributed by atoms with E-state index >= 15 is 0 Å². The zero-order valence-corrected chi connectivity index (χ0v) is 16.3. The van der Waals surface area contributed by atoms with Crippen LogP contribution in [0.1, 0.15) is 63.9 Å². The molecule has 0 saturated carbocycles. The molecule has 2 heterocycles. The number of hydrogen-bond acceptors (Lipinski definition) is 5. The van der Waals surface area contributed by atoms with Crippen LogP contribution in [0.15, 0.2) is 18.5 Å². The molecule has 7 heteroatoms. The Labute approximate surface area is 161 Å². The summed E-state index contributed by atoms with van der Waals surface area (Å²) in [5.74, 6) is -1.23. The smallest absolute Gasteiger partial charge is 0.338 e. The first kappa shape index (κ1) is 19.1. The SMILES string of the molecule is CC(C)(C)C1CCc2c(sc(NC(=O)c3ccncc3C(=O)O)c2C#N)C1. The van der Waals surface area contributed by atoms with Crippen LogP contribution in [0.3, 0.4) is 0 Å². The average molecular weight is 383 g/mol. The molecule has 1 aliphatic rings. The van der Waals surface area contributed by atoms with E-state index in [9.17, 15) is 20.0 Å². The van der Waals surface area contributed by atoms with Crippen molar-refractivity contribution in [2.75, 3.05) is 5.32 Å². The zero-order chi connectivity index (χ0) is 19.8. The maximum Gasteiger partial charge on any atom is 0.338 e. The highest BCUT2D eigenvalue weighted by molar-refractivity contribution is 7.16. The Morgan fingerprint density at radius 2 is 2.11 bits per heavy atom. The second-order valence-corrected chi connectivity index (χ2v) is 8.91. The number of nitrogens with zero attached hydrogens (tertiary/aromatic N) is 2. The number of fused-ring (bicyclic) bond motifs is 1. The van der Waals surface area contributed by atoms with Gasteiger partial charge in [-0.1, -0.05) is 20.8 Å². The van der Waals surface area contributed by atoms with Crippen molar-refractivity contribution >= 4 is 28.2 Å². The number of carboxylic acids is 1. The topological polar surface area (TPSA) is 103 Å². The van der Waals surface area contributed by atoms with Gasteiger partial charge in [0.15, 0.2) is 0 Å². The van der Waals surface area contributed by atoms with Crippen LogP contribution in [0.5, 0.6) is 0 Å². The third-order valence-electron chi connectivity index (χ3n) is 5.13. The minimum Gasteiger partial charge on any atom is -0.478 e. The summed E-state index contributed by atoms with van der Waals surface area (Å²) in [6.45, 7) is 6.67. The van der Waals surface area contributed by atoms with E-state index in [2.05, 4.69) is 37.1 Å². The first-order chi connectivity index (χ1) is 12.7. The number of nitriles is 1. The fraction of sp³-hybridized carbons (Fsp3) is 0.400. The molecule has 0 aliphatic heterocycles. The van der Waals surface area contributed by atoms with Gasteiger partial charge in [0.25, 0.3) is 5.91 Å². The van der Waals surface area contributed by atoms with Crippen molar-refractivity contribution in [1.29, 1.82) is 5.26 Å². The molecular formula is C20H21N3O3S. The minimum absolute atomic E-state index is 0.0281. The molecule has 0 radical (unpaired) electrons. The van der Waals surface area contributed by atoms with E-state index in [0.29, 0.717) is 16.5 Å². The molecule has 0 fully saturated rings. The van der Waals surface area contributed by atoms with Crippen LogP contribution >= 0.6 is 11.3 Å². The predicted molar refractivity (Wildman–Crippen MR) is 103 cm³/mol. The molecule has 2 aromatic heterocycles. The van der Waals surface area contributed by atoms with Crippen molar-refractivity contribution in [2.24, 2.45) is 11.3 Å². The second-order valence-electron chi connectivity index (χ2n) is 7.81. The Hall–Kier alpha value is -2.72. The lowest BCUT2D eigenvalue weighted by atomic mass is 9.72. The quantitative estimate of drug-likeness (QED) is 0.830. The Kier molecular flexibility index (Phi) is 5.03. The highest BCUT2D eigenvalue weighted by atomic mass is 32.1. The van der Waals surface area contributed by atoms with E-state index in [1.807, 2.05) is 0 Å². The number of aromatic carboxylic acids is 1. The summed E-state index contributed by atoms with van der Waals surface area (Å²) >= 11 is 1.43. The van der Waals surface area contributed by atoms with E-state index in [-0.39, 0.29) is 16.5 Å². The molecule has 1 aliphatic carbocycles. The van der Waals surface area contributed by atoms with Gasteiger partial charge in [0.2, 0.25) is 0 Å². The van der Waals surface area contributed by atoms with E-state index < -0.39 is 11.9 Å². The Morgan fingerprint density at radius 3 is 2.74 bits per heavy atom. The molecule has 0 saturated heterocycles. The summed E-state index contributed by atoms with van der Waals surface area (Å²) in [5, 5.41) is 22.1. The standard InChI is InChI=1S/C20H21N3O3S/c1-20(2,3)11-4-5-12-14(9-21)18(27-16(12)8-11)23-17(24)13-6-7-22-10-15(13)19(25)26/h6-7,10-11H,4-5,8H2,1-3H3,(H,23,24)(H,25,26). The number of nitrogens with one attached hydrogen (secondary N) is 1. The number of aromatic nitrogens is 1. The van der Waals surface area contributed by atoms with Gasteiger partial charge in [-0.3, -0.25) is 9.78 Å². The first-order valence-corrected chi connectivity index (χ1v) is 9.57. The van der Waals surface area contributed by atoms with Crippen molar-refractivity contribution in [3.05, 3.63) is 45.6 Å². The van der Waals surface area contributed by atoms with Gasteiger partial charge < -0.3 is 10.4 Å². The fourth-order valence-electron chi connectivity index (χ4n) is 3.46. The third-order valence-corrected chi connectivity index (χ3v) is 6.29. The molecule has 27 heavy (non-hydrogen) atoms. The summed E-state index contributed by atoms with van der Waals surface area (Å²) in [4.78, 5) is 28.9. The molecule has 1 amide bonds. The lowest BCUT2D eigenvalue weighted by Crippen LogP contribution is -2.26. The zero-order valence-electron chi connectivity index (χ0n) is 15.5. The van der Waals surface area contributed by atoms with Crippen molar-refractivity contribution in [3.8, 4) is 6.07 Å².